The van der Waals surface area contributed by atoms with Crippen LogP contribution in [0.25, 0.3) is 0 Å². The quantitative estimate of drug-likeness (QED) is 0.860. The first-order valence-electron chi connectivity index (χ1n) is 8.54. The summed E-state index contributed by atoms with van der Waals surface area (Å²) in [4.78, 5) is 17.1. The number of hydrogen-bond donors (Lipinski definition) is 0. The number of carbonyl (C=O) groups is 1. The molecule has 2 aromatic rings. The number of benzene rings is 1. The van der Waals surface area contributed by atoms with Crippen molar-refractivity contribution in [1.82, 2.24) is 15.1 Å². The molecular weight excluding hydrogens is 320 g/mol. The van der Waals surface area contributed by atoms with E-state index in [-0.39, 0.29) is 5.91 Å². The number of aromatic nitrogens is 2. The summed E-state index contributed by atoms with van der Waals surface area (Å²) in [6.45, 7) is 2.00. The van der Waals surface area contributed by atoms with Crippen LogP contribution in [-0.4, -0.2) is 46.2 Å². The highest BCUT2D eigenvalue weighted by Crippen LogP contribution is 2.41. The number of amides is 1. The number of aryl methyl sites for hydroxylation is 1. The van der Waals surface area contributed by atoms with E-state index >= 15 is 0 Å². The highest BCUT2D eigenvalue weighted by atomic mass is 32.1. The van der Waals surface area contributed by atoms with Gasteiger partial charge < -0.3 is 9.80 Å². The zero-order chi connectivity index (χ0) is 16.7. The molecule has 2 aliphatic heterocycles. The minimum atomic E-state index is 0.125. The van der Waals surface area contributed by atoms with Crippen LogP contribution >= 0.6 is 11.3 Å². The molecule has 0 radical (unpaired) electrons. The molecule has 126 valence electrons. The van der Waals surface area contributed by atoms with Crippen molar-refractivity contribution in [3.8, 4) is 0 Å². The normalized spacial score (nSPS) is 25.8. The molecule has 1 amide bonds. The fourth-order valence-electron chi connectivity index (χ4n) is 4.12. The Hall–Kier alpha value is -1.95. The number of rotatable bonds is 3. The summed E-state index contributed by atoms with van der Waals surface area (Å²) in [7, 11) is 1.95. The number of anilines is 1. The van der Waals surface area contributed by atoms with Crippen molar-refractivity contribution >= 4 is 22.4 Å². The van der Waals surface area contributed by atoms with E-state index < -0.39 is 0 Å². The lowest BCUT2D eigenvalue weighted by molar-refractivity contribution is 0.0693. The first kappa shape index (κ1) is 15.6. The first-order chi connectivity index (χ1) is 11.6. The second kappa shape index (κ2) is 6.16. The summed E-state index contributed by atoms with van der Waals surface area (Å²) in [5.41, 5.74) is 0.773. The molecule has 2 saturated heterocycles. The van der Waals surface area contributed by atoms with Gasteiger partial charge in [-0.1, -0.05) is 29.5 Å². The number of carbonyl (C=O) groups excluding carboxylic acids is 1. The van der Waals surface area contributed by atoms with Gasteiger partial charge in [-0.15, -0.1) is 10.2 Å². The first-order valence-corrected chi connectivity index (χ1v) is 9.36. The van der Waals surface area contributed by atoms with E-state index in [1.165, 1.54) is 12.8 Å². The van der Waals surface area contributed by atoms with Gasteiger partial charge in [0.1, 0.15) is 5.01 Å². The van der Waals surface area contributed by atoms with Crippen LogP contribution < -0.4 is 4.90 Å². The molecule has 2 aliphatic rings. The lowest BCUT2D eigenvalue weighted by atomic mass is 9.96. The molecule has 0 spiro atoms. The van der Waals surface area contributed by atoms with Gasteiger partial charge in [-0.25, -0.2) is 0 Å². The fraction of sp³-hybridized carbons (Fsp3) is 0.500. The van der Waals surface area contributed by atoms with Crippen molar-refractivity contribution in [1.29, 1.82) is 0 Å². The largest absolute Gasteiger partial charge is 0.341 e. The van der Waals surface area contributed by atoms with Crippen molar-refractivity contribution in [2.24, 2.45) is 0 Å². The maximum absolute atomic E-state index is 12.7. The number of nitrogens with zero attached hydrogens (tertiary/aromatic N) is 4. The Morgan fingerprint density at radius 3 is 2.42 bits per heavy atom. The average molecular weight is 342 g/mol. The van der Waals surface area contributed by atoms with Crippen molar-refractivity contribution in [3.05, 3.63) is 40.9 Å². The van der Waals surface area contributed by atoms with Gasteiger partial charge >= 0.3 is 0 Å². The number of fused-ring (bicyclic) bond motifs is 2. The summed E-state index contributed by atoms with van der Waals surface area (Å²) < 4.78 is 0. The minimum absolute atomic E-state index is 0.125. The van der Waals surface area contributed by atoms with Crippen molar-refractivity contribution in [2.45, 2.75) is 50.7 Å². The summed E-state index contributed by atoms with van der Waals surface area (Å²) in [5.74, 6) is 0.125. The van der Waals surface area contributed by atoms with Crippen LogP contribution in [0.2, 0.25) is 0 Å². The van der Waals surface area contributed by atoms with Crippen LogP contribution in [0, 0.1) is 6.92 Å². The highest BCUT2D eigenvalue weighted by Gasteiger charge is 2.44. The molecule has 0 aliphatic carbocycles. The zero-order valence-corrected chi connectivity index (χ0v) is 14.9. The van der Waals surface area contributed by atoms with Crippen LogP contribution in [0.15, 0.2) is 30.3 Å². The number of piperidine rings is 1. The molecule has 2 bridgehead atoms. The second-order valence-corrected chi connectivity index (χ2v) is 7.96. The van der Waals surface area contributed by atoms with Gasteiger partial charge in [0.25, 0.3) is 5.91 Å². The Morgan fingerprint density at radius 1 is 1.17 bits per heavy atom. The van der Waals surface area contributed by atoms with Crippen LogP contribution in [0.3, 0.4) is 0 Å². The van der Waals surface area contributed by atoms with E-state index in [0.717, 1.165) is 28.5 Å². The monoisotopic (exact) mass is 342 g/mol. The predicted octanol–water partition coefficient (Wildman–Crippen LogP) is 3.12. The van der Waals surface area contributed by atoms with Gasteiger partial charge in [-0.05, 0) is 44.7 Å². The molecule has 3 heterocycles. The Morgan fingerprint density at radius 2 is 1.83 bits per heavy atom. The van der Waals surface area contributed by atoms with Crippen LogP contribution in [-0.2, 0) is 0 Å². The SMILES string of the molecule is Cc1nnc(N2[C@H]3CC[C@H]2CC(N(C)C(=O)c2ccccc2)C3)s1. The molecule has 0 saturated carbocycles. The Kier molecular flexibility index (Phi) is 4.00. The van der Waals surface area contributed by atoms with E-state index in [4.69, 9.17) is 0 Å². The fourth-order valence-corrected chi connectivity index (χ4v) is 4.95. The third-order valence-corrected chi connectivity index (χ3v) is 6.19. The third kappa shape index (κ3) is 2.69. The van der Waals surface area contributed by atoms with Crippen molar-refractivity contribution in [2.75, 3.05) is 11.9 Å². The highest BCUT2D eigenvalue weighted by molar-refractivity contribution is 7.15. The lowest BCUT2D eigenvalue weighted by Gasteiger charge is -2.42. The summed E-state index contributed by atoms with van der Waals surface area (Å²) in [6, 6.07) is 10.8. The van der Waals surface area contributed by atoms with E-state index in [1.807, 2.05) is 49.2 Å². The van der Waals surface area contributed by atoms with E-state index in [0.29, 0.717) is 18.1 Å². The van der Waals surface area contributed by atoms with Gasteiger partial charge in [0, 0.05) is 30.7 Å². The molecule has 0 unspecified atom stereocenters. The summed E-state index contributed by atoms with van der Waals surface area (Å²) >= 11 is 1.68. The predicted molar refractivity (Wildman–Crippen MR) is 95.5 cm³/mol. The molecule has 1 aromatic carbocycles. The molecule has 2 atom stereocenters. The standard InChI is InChI=1S/C18H22N4OS/c1-12-19-20-18(24-12)22-14-8-9-15(22)11-16(10-14)21(2)17(23)13-6-4-3-5-7-13/h3-7,14-16H,8-11H2,1-2H3/t14-,15-/m0/s1. The number of hydrogen-bond acceptors (Lipinski definition) is 5. The Bertz CT molecular complexity index is 718. The van der Waals surface area contributed by atoms with E-state index in [2.05, 4.69) is 15.1 Å². The smallest absolute Gasteiger partial charge is 0.253 e. The Balaban J connectivity index is 1.49. The molecular formula is C18H22N4OS. The van der Waals surface area contributed by atoms with Gasteiger partial charge in [-0.2, -0.15) is 0 Å². The molecule has 6 heteroatoms. The lowest BCUT2D eigenvalue weighted by Crippen LogP contribution is -2.51. The van der Waals surface area contributed by atoms with Gasteiger partial charge in [0.2, 0.25) is 5.13 Å². The molecule has 24 heavy (non-hydrogen) atoms. The van der Waals surface area contributed by atoms with E-state index in [9.17, 15) is 4.79 Å². The minimum Gasteiger partial charge on any atom is -0.341 e. The van der Waals surface area contributed by atoms with Gasteiger partial charge in [0.15, 0.2) is 0 Å². The topological polar surface area (TPSA) is 49.3 Å². The Labute approximate surface area is 146 Å². The van der Waals surface area contributed by atoms with Gasteiger partial charge in [-0.3, -0.25) is 4.79 Å². The molecule has 4 rings (SSSR count). The van der Waals surface area contributed by atoms with Crippen LogP contribution in [0.1, 0.15) is 41.0 Å². The second-order valence-electron chi connectivity index (χ2n) is 6.80. The summed E-state index contributed by atoms with van der Waals surface area (Å²) in [5, 5.41) is 10.6. The van der Waals surface area contributed by atoms with Crippen molar-refractivity contribution in [3.63, 3.8) is 0 Å². The molecule has 2 fully saturated rings. The van der Waals surface area contributed by atoms with Gasteiger partial charge in [0.05, 0.1) is 0 Å². The van der Waals surface area contributed by atoms with Crippen LogP contribution in [0.4, 0.5) is 5.13 Å². The van der Waals surface area contributed by atoms with E-state index in [1.54, 1.807) is 11.3 Å². The van der Waals surface area contributed by atoms with Crippen LogP contribution in [0.5, 0.6) is 0 Å². The maximum Gasteiger partial charge on any atom is 0.253 e. The zero-order valence-electron chi connectivity index (χ0n) is 14.1. The summed E-state index contributed by atoms with van der Waals surface area (Å²) in [6.07, 6.45) is 4.41. The average Bonchev–Trinajstić information content (AvgIpc) is 3.14. The molecule has 0 N–H and O–H groups in total. The molecule has 5 nitrogen and oxygen atoms in total. The third-order valence-electron chi connectivity index (χ3n) is 5.33. The molecule has 1 aromatic heterocycles. The van der Waals surface area contributed by atoms with Crippen molar-refractivity contribution < 1.29 is 4.79 Å². The maximum atomic E-state index is 12.7.